The Morgan fingerprint density at radius 2 is 1.88 bits per heavy atom. The van der Waals surface area contributed by atoms with Crippen LogP contribution in [0.5, 0.6) is 5.75 Å². The summed E-state index contributed by atoms with van der Waals surface area (Å²) in [5.74, 6) is 0.556. The first-order valence-electron chi connectivity index (χ1n) is 5.80. The minimum absolute atomic E-state index is 0.213. The highest BCUT2D eigenvalue weighted by atomic mass is 19.1. The average Bonchev–Trinajstić information content (AvgIpc) is 2.30. The van der Waals surface area contributed by atoms with Crippen LogP contribution in [0, 0.1) is 5.82 Å². The second kappa shape index (κ2) is 3.59. The molecule has 1 nitrogen and oxygen atoms in total. The lowest BCUT2D eigenvalue weighted by Gasteiger charge is -2.24. The van der Waals surface area contributed by atoms with Crippen LogP contribution in [0.3, 0.4) is 0 Å². The van der Waals surface area contributed by atoms with E-state index in [1.165, 1.54) is 6.07 Å². The molecular weight excluding hydrogens is 215 g/mol. The van der Waals surface area contributed by atoms with Crippen LogP contribution >= 0.6 is 0 Å². The molecule has 1 aliphatic carbocycles. The number of benzene rings is 2. The SMILES string of the molecule is C[C@@H]1Cc2cccc(F)c2-c2c([OH2+])cccc21. The van der Waals surface area contributed by atoms with Crippen LogP contribution in [0.25, 0.3) is 11.1 Å². The van der Waals surface area contributed by atoms with Crippen molar-refractivity contribution in [1.82, 2.24) is 0 Å². The zero-order chi connectivity index (χ0) is 12.0. The summed E-state index contributed by atoms with van der Waals surface area (Å²) in [5, 5.41) is 8.00. The van der Waals surface area contributed by atoms with E-state index in [2.05, 4.69) is 6.92 Å². The van der Waals surface area contributed by atoms with E-state index in [0.717, 1.165) is 23.1 Å². The molecular formula is C15H14FO+. The van der Waals surface area contributed by atoms with Crippen molar-refractivity contribution in [2.75, 3.05) is 0 Å². The third-order valence-electron chi connectivity index (χ3n) is 3.50. The molecule has 0 spiro atoms. The molecule has 0 aromatic heterocycles. The Morgan fingerprint density at radius 3 is 2.71 bits per heavy atom. The summed E-state index contributed by atoms with van der Waals surface area (Å²) in [7, 11) is 0. The second-order valence-electron chi connectivity index (χ2n) is 4.65. The quantitative estimate of drug-likeness (QED) is 0.616. The van der Waals surface area contributed by atoms with Gasteiger partial charge in [-0.2, -0.15) is 0 Å². The zero-order valence-electron chi connectivity index (χ0n) is 9.63. The minimum Gasteiger partial charge on any atom is -0.593 e. The van der Waals surface area contributed by atoms with Crippen molar-refractivity contribution in [3.05, 3.63) is 53.3 Å². The summed E-state index contributed by atoms with van der Waals surface area (Å²) in [6, 6.07) is 10.8. The minimum atomic E-state index is -0.213. The maximum Gasteiger partial charge on any atom is 0.262 e. The Bertz CT molecular complexity index is 589. The van der Waals surface area contributed by atoms with Crippen molar-refractivity contribution in [2.45, 2.75) is 19.3 Å². The molecule has 2 heteroatoms. The molecule has 0 fully saturated rings. The molecule has 2 N–H and O–H groups in total. The largest absolute Gasteiger partial charge is 0.593 e. The molecule has 3 rings (SSSR count). The molecule has 0 bridgehead atoms. The monoisotopic (exact) mass is 229 g/mol. The molecule has 0 radical (unpaired) electrons. The molecule has 0 saturated carbocycles. The second-order valence-corrected chi connectivity index (χ2v) is 4.65. The fourth-order valence-electron chi connectivity index (χ4n) is 2.72. The summed E-state index contributed by atoms with van der Waals surface area (Å²) in [4.78, 5) is 0. The van der Waals surface area contributed by atoms with Crippen molar-refractivity contribution in [3.8, 4) is 16.9 Å². The highest BCUT2D eigenvalue weighted by molar-refractivity contribution is 5.79. The number of hydrogen-bond acceptors (Lipinski definition) is 0. The van der Waals surface area contributed by atoms with Crippen molar-refractivity contribution in [1.29, 1.82) is 0 Å². The van der Waals surface area contributed by atoms with E-state index in [4.69, 9.17) is 5.11 Å². The van der Waals surface area contributed by atoms with E-state index in [-0.39, 0.29) is 5.82 Å². The van der Waals surface area contributed by atoms with E-state index in [0.29, 0.717) is 17.2 Å². The van der Waals surface area contributed by atoms with E-state index in [9.17, 15) is 4.39 Å². The lowest BCUT2D eigenvalue weighted by molar-refractivity contribution is 0.474. The maximum atomic E-state index is 14.0. The number of hydrogen-bond donors (Lipinski definition) is 0. The predicted molar refractivity (Wildman–Crippen MR) is 67.0 cm³/mol. The van der Waals surface area contributed by atoms with Crippen LogP contribution in [-0.2, 0) is 6.42 Å². The van der Waals surface area contributed by atoms with Gasteiger partial charge < -0.3 is 5.11 Å². The van der Waals surface area contributed by atoms with Gasteiger partial charge in [0, 0.05) is 11.6 Å². The van der Waals surface area contributed by atoms with Gasteiger partial charge in [0.2, 0.25) is 0 Å². The van der Waals surface area contributed by atoms with Gasteiger partial charge in [-0.1, -0.05) is 31.2 Å². The molecule has 0 aliphatic heterocycles. The van der Waals surface area contributed by atoms with Crippen LogP contribution in [-0.4, -0.2) is 5.11 Å². The van der Waals surface area contributed by atoms with Crippen LogP contribution < -0.4 is 0 Å². The highest BCUT2D eigenvalue weighted by Crippen LogP contribution is 2.44. The summed E-state index contributed by atoms with van der Waals surface area (Å²) >= 11 is 0. The number of halogens is 1. The topological polar surface area (TPSA) is 22.9 Å². The van der Waals surface area contributed by atoms with Gasteiger partial charge in [-0.05, 0) is 29.5 Å². The van der Waals surface area contributed by atoms with Gasteiger partial charge in [0.15, 0.2) is 0 Å². The first-order valence-corrected chi connectivity index (χ1v) is 5.80. The Balaban J connectivity index is 2.39. The lowest BCUT2D eigenvalue weighted by atomic mass is 9.79. The van der Waals surface area contributed by atoms with Gasteiger partial charge in [0.1, 0.15) is 5.82 Å². The van der Waals surface area contributed by atoms with Crippen molar-refractivity contribution in [2.24, 2.45) is 0 Å². The van der Waals surface area contributed by atoms with Crippen LogP contribution in [0.4, 0.5) is 4.39 Å². The molecule has 0 heterocycles. The molecule has 86 valence electrons. The van der Waals surface area contributed by atoms with Crippen LogP contribution in [0.1, 0.15) is 24.0 Å². The molecule has 2 aromatic rings. The Morgan fingerprint density at radius 1 is 1.12 bits per heavy atom. The van der Waals surface area contributed by atoms with Crippen molar-refractivity contribution >= 4 is 0 Å². The van der Waals surface area contributed by atoms with Crippen molar-refractivity contribution in [3.63, 3.8) is 0 Å². The summed E-state index contributed by atoms with van der Waals surface area (Å²) in [6.07, 6.45) is 0.851. The van der Waals surface area contributed by atoms with Gasteiger partial charge in [-0.15, -0.1) is 0 Å². The van der Waals surface area contributed by atoms with Gasteiger partial charge in [0.25, 0.3) is 5.75 Å². The molecule has 17 heavy (non-hydrogen) atoms. The summed E-state index contributed by atoms with van der Waals surface area (Å²) in [6.45, 7) is 2.13. The van der Waals surface area contributed by atoms with E-state index >= 15 is 0 Å². The molecule has 1 aliphatic rings. The third-order valence-corrected chi connectivity index (χ3v) is 3.50. The maximum absolute atomic E-state index is 14.0. The van der Waals surface area contributed by atoms with Gasteiger partial charge in [-0.3, -0.25) is 0 Å². The number of fused-ring (bicyclic) bond motifs is 3. The Hall–Kier alpha value is -1.83. The smallest absolute Gasteiger partial charge is 0.262 e. The zero-order valence-corrected chi connectivity index (χ0v) is 9.63. The average molecular weight is 229 g/mol. The van der Waals surface area contributed by atoms with Gasteiger partial charge in [-0.25, -0.2) is 4.39 Å². The molecule has 2 aromatic carbocycles. The lowest BCUT2D eigenvalue weighted by Crippen LogP contribution is -2.09. The fourth-order valence-corrected chi connectivity index (χ4v) is 2.72. The van der Waals surface area contributed by atoms with Crippen molar-refractivity contribution < 1.29 is 9.50 Å². The third kappa shape index (κ3) is 1.44. The predicted octanol–water partition coefficient (Wildman–Crippen LogP) is 3.59. The Kier molecular flexibility index (Phi) is 2.18. The van der Waals surface area contributed by atoms with E-state index < -0.39 is 0 Å². The fraction of sp³-hybridized carbons (Fsp3) is 0.200. The standard InChI is InChI=1S/C15H13FO/c1-9-8-10-4-2-6-12(16)14(10)15-11(9)5-3-7-13(15)17/h2-7,9,17H,8H2,1H3/p+1/t9-/m1/s1. The van der Waals surface area contributed by atoms with E-state index in [1.807, 2.05) is 18.2 Å². The van der Waals surface area contributed by atoms with Crippen LogP contribution in [0.2, 0.25) is 0 Å². The summed E-state index contributed by atoms with van der Waals surface area (Å²) < 4.78 is 14.0. The molecule has 0 amide bonds. The first-order chi connectivity index (χ1) is 8.18. The molecule has 1 atom stereocenters. The van der Waals surface area contributed by atoms with Gasteiger partial charge >= 0.3 is 0 Å². The Labute approximate surface area is 99.5 Å². The number of rotatable bonds is 0. The molecule has 0 saturated heterocycles. The normalized spacial score (nSPS) is 17.4. The van der Waals surface area contributed by atoms with E-state index in [1.54, 1.807) is 12.1 Å². The highest BCUT2D eigenvalue weighted by Gasteiger charge is 2.28. The van der Waals surface area contributed by atoms with Crippen LogP contribution in [0.15, 0.2) is 36.4 Å². The summed E-state index contributed by atoms with van der Waals surface area (Å²) in [5.41, 5.74) is 3.52. The first kappa shape index (κ1) is 10.3. The van der Waals surface area contributed by atoms with Gasteiger partial charge in [0.05, 0.1) is 5.56 Å². The molecule has 0 unspecified atom stereocenters.